The number of hydrogen-bond donors (Lipinski definition) is 3. The smallest absolute Gasteiger partial charge is 0.141 e. The first-order chi connectivity index (χ1) is 22.1. The molecule has 0 amide bonds. The van der Waals surface area contributed by atoms with Crippen LogP contribution >= 0.6 is 11.3 Å². The molecule has 2 aromatic heterocycles. The molecule has 0 bridgehead atoms. The van der Waals surface area contributed by atoms with E-state index in [1.807, 2.05) is 63.3 Å². The summed E-state index contributed by atoms with van der Waals surface area (Å²) in [6, 6.07) is 17.8. The second-order valence-corrected chi connectivity index (χ2v) is 11.9. The molecule has 0 radical (unpaired) electrons. The van der Waals surface area contributed by atoms with Gasteiger partial charge in [-0.2, -0.15) is 0 Å². The molecule has 234 valence electrons. The standard InChI is InChI=1S/C40H41FN4S/c1-10-16-33(36-22-21-35(46-36)25(4)5)39-28(8)44-40(45-39)27(7)37-34(42-9)20-19-32(38(37)41)30(11-2)24-31(12-3)43-26(6)23-29-17-14-13-15-18-29/h10-22,24,42-43H,1,3-4,6-7,23H2,2,5,8-9H3,(H,44,45)/b30-11+,31-24+,33-16-. The predicted molar refractivity (Wildman–Crippen MR) is 198 cm³/mol. The number of benzene rings is 2. The molecule has 46 heavy (non-hydrogen) atoms. The Morgan fingerprint density at radius 1 is 1.02 bits per heavy atom. The number of aryl methyl sites for hydroxylation is 1. The number of allylic oxidation sites excluding steroid dienone is 8. The molecule has 4 nitrogen and oxygen atoms in total. The molecular weight excluding hydrogens is 588 g/mol. The van der Waals surface area contributed by atoms with Gasteiger partial charge in [0.25, 0.3) is 0 Å². The maximum absolute atomic E-state index is 16.6. The number of aromatic nitrogens is 2. The number of hydrogen-bond acceptors (Lipinski definition) is 4. The third-order valence-corrected chi connectivity index (χ3v) is 8.73. The fourth-order valence-corrected chi connectivity index (χ4v) is 6.07. The van der Waals surface area contributed by atoms with Gasteiger partial charge in [0, 0.05) is 68.3 Å². The number of thiophene rings is 1. The van der Waals surface area contributed by atoms with Crippen LogP contribution in [0.15, 0.2) is 129 Å². The van der Waals surface area contributed by atoms with Crippen LogP contribution in [-0.2, 0) is 6.42 Å². The first-order valence-corrected chi connectivity index (χ1v) is 15.8. The van der Waals surface area contributed by atoms with Gasteiger partial charge in [-0.15, -0.1) is 11.3 Å². The van der Waals surface area contributed by atoms with Crippen LogP contribution in [0.25, 0.3) is 22.3 Å². The monoisotopic (exact) mass is 628 g/mol. The molecule has 0 aliphatic heterocycles. The van der Waals surface area contributed by atoms with Crippen LogP contribution in [-0.4, -0.2) is 17.0 Å². The van der Waals surface area contributed by atoms with E-state index in [1.54, 1.807) is 36.6 Å². The van der Waals surface area contributed by atoms with E-state index in [4.69, 9.17) is 4.98 Å². The maximum atomic E-state index is 16.6. The van der Waals surface area contributed by atoms with Crippen molar-refractivity contribution < 1.29 is 4.39 Å². The van der Waals surface area contributed by atoms with Crippen LogP contribution in [0.3, 0.4) is 0 Å². The van der Waals surface area contributed by atoms with Gasteiger partial charge in [0.15, 0.2) is 0 Å². The highest BCUT2D eigenvalue weighted by molar-refractivity contribution is 7.14. The van der Waals surface area contributed by atoms with Crippen LogP contribution in [0.1, 0.15) is 57.5 Å². The van der Waals surface area contributed by atoms with E-state index in [0.717, 1.165) is 43.5 Å². The van der Waals surface area contributed by atoms with Crippen molar-refractivity contribution in [3.63, 3.8) is 0 Å². The van der Waals surface area contributed by atoms with Crippen molar-refractivity contribution in [1.82, 2.24) is 15.3 Å². The number of H-pyrrole nitrogens is 1. The molecule has 3 N–H and O–H groups in total. The maximum Gasteiger partial charge on any atom is 0.141 e. The lowest BCUT2D eigenvalue weighted by Crippen LogP contribution is -2.12. The minimum absolute atomic E-state index is 0.338. The average Bonchev–Trinajstić information content (AvgIpc) is 3.69. The third-order valence-electron chi connectivity index (χ3n) is 7.45. The number of rotatable bonds is 14. The number of anilines is 1. The lowest BCUT2D eigenvalue weighted by atomic mass is 9.95. The highest BCUT2D eigenvalue weighted by Crippen LogP contribution is 2.37. The molecule has 0 atom stereocenters. The molecule has 0 saturated heterocycles. The molecule has 0 fully saturated rings. The van der Waals surface area contributed by atoms with E-state index in [2.05, 4.69) is 72.8 Å². The molecule has 6 heteroatoms. The van der Waals surface area contributed by atoms with E-state index >= 15 is 4.39 Å². The summed E-state index contributed by atoms with van der Waals surface area (Å²) < 4.78 is 16.6. The van der Waals surface area contributed by atoms with Gasteiger partial charge in [0.05, 0.1) is 5.69 Å². The number of imidazole rings is 1. The second-order valence-electron chi connectivity index (χ2n) is 10.8. The van der Waals surface area contributed by atoms with Crippen molar-refractivity contribution in [3.05, 3.63) is 179 Å². The minimum atomic E-state index is -0.408. The molecule has 0 spiro atoms. The minimum Gasteiger partial charge on any atom is -0.388 e. The zero-order chi connectivity index (χ0) is 33.4. The molecule has 2 heterocycles. The molecule has 0 aliphatic rings. The second kappa shape index (κ2) is 15.2. The topological polar surface area (TPSA) is 52.7 Å². The summed E-state index contributed by atoms with van der Waals surface area (Å²) in [5.74, 6) is 0.0736. The van der Waals surface area contributed by atoms with Crippen LogP contribution in [0.5, 0.6) is 0 Å². The van der Waals surface area contributed by atoms with E-state index in [1.165, 1.54) is 0 Å². The Morgan fingerprint density at radius 3 is 2.35 bits per heavy atom. The van der Waals surface area contributed by atoms with E-state index in [9.17, 15) is 0 Å². The van der Waals surface area contributed by atoms with E-state index in [0.29, 0.717) is 45.9 Å². The van der Waals surface area contributed by atoms with Gasteiger partial charge < -0.3 is 15.6 Å². The van der Waals surface area contributed by atoms with Crippen LogP contribution in [0.2, 0.25) is 0 Å². The zero-order valence-corrected chi connectivity index (χ0v) is 27.9. The van der Waals surface area contributed by atoms with Crippen LogP contribution in [0.4, 0.5) is 10.1 Å². The molecule has 4 aromatic rings. The Labute approximate surface area is 276 Å². The van der Waals surface area contributed by atoms with Crippen molar-refractivity contribution in [3.8, 4) is 0 Å². The van der Waals surface area contributed by atoms with Gasteiger partial charge in [0.1, 0.15) is 11.6 Å². The highest BCUT2D eigenvalue weighted by atomic mass is 32.1. The molecule has 0 aliphatic carbocycles. The summed E-state index contributed by atoms with van der Waals surface area (Å²) in [5.41, 5.74) is 8.65. The van der Waals surface area contributed by atoms with Gasteiger partial charge in [-0.05, 0) is 73.9 Å². The average molecular weight is 629 g/mol. The number of aromatic amines is 1. The van der Waals surface area contributed by atoms with Crippen molar-refractivity contribution in [1.29, 1.82) is 0 Å². The number of halogens is 1. The molecule has 4 rings (SSSR count). The van der Waals surface area contributed by atoms with Gasteiger partial charge in [0.2, 0.25) is 0 Å². The Bertz CT molecular complexity index is 1900. The summed E-state index contributed by atoms with van der Waals surface area (Å²) in [7, 11) is 1.76. The summed E-state index contributed by atoms with van der Waals surface area (Å²) in [5, 5.41) is 6.46. The van der Waals surface area contributed by atoms with Gasteiger partial charge >= 0.3 is 0 Å². The quantitative estimate of drug-likeness (QED) is 0.122. The van der Waals surface area contributed by atoms with Crippen LogP contribution < -0.4 is 10.6 Å². The van der Waals surface area contributed by atoms with Crippen LogP contribution in [0, 0.1) is 12.7 Å². The SMILES string of the molecule is C=C/C=C(/c1ccc(C(=C)C)s1)c1nc(C(=C)c2c(NC)ccc(C(/C=C(\C=C)NC(=C)Cc3ccccc3)=C/C)c2F)[nH]c1C. The predicted octanol–water partition coefficient (Wildman–Crippen LogP) is 10.5. The van der Waals surface area contributed by atoms with Crippen molar-refractivity contribution >= 4 is 39.3 Å². The Kier molecular flexibility index (Phi) is 11.1. The third kappa shape index (κ3) is 7.53. The largest absolute Gasteiger partial charge is 0.388 e. The lowest BCUT2D eigenvalue weighted by molar-refractivity contribution is 0.621. The van der Waals surface area contributed by atoms with E-state index in [-0.39, 0.29) is 0 Å². The van der Waals surface area contributed by atoms with Gasteiger partial charge in [-0.25, -0.2) is 9.37 Å². The molecule has 0 saturated carbocycles. The van der Waals surface area contributed by atoms with Gasteiger partial charge in [-0.3, -0.25) is 0 Å². The summed E-state index contributed by atoms with van der Waals surface area (Å²) >= 11 is 1.64. The summed E-state index contributed by atoms with van der Waals surface area (Å²) in [6.45, 7) is 26.3. The normalized spacial score (nSPS) is 12.1. The first kappa shape index (κ1) is 33.7. The van der Waals surface area contributed by atoms with Crippen molar-refractivity contribution in [2.24, 2.45) is 0 Å². The van der Waals surface area contributed by atoms with E-state index < -0.39 is 5.82 Å². The number of nitrogens with zero attached hydrogens (tertiary/aromatic N) is 1. The lowest BCUT2D eigenvalue weighted by Gasteiger charge is -2.16. The number of nitrogens with one attached hydrogen (secondary N) is 3. The molecule has 0 unspecified atom stereocenters. The van der Waals surface area contributed by atoms with Crippen molar-refractivity contribution in [2.75, 3.05) is 12.4 Å². The molecule has 2 aromatic carbocycles. The fraction of sp³-hybridized carbons (Fsp3) is 0.125. The Morgan fingerprint density at radius 2 is 1.74 bits per heavy atom. The highest BCUT2D eigenvalue weighted by Gasteiger charge is 2.22. The Balaban J connectivity index is 1.69. The Hall–Kier alpha value is -5.20. The molecular formula is C40H41FN4S. The zero-order valence-electron chi connectivity index (χ0n) is 27.1. The summed E-state index contributed by atoms with van der Waals surface area (Å²) in [4.78, 5) is 10.4. The first-order valence-electron chi connectivity index (χ1n) is 15.0. The fourth-order valence-electron chi connectivity index (χ4n) is 5.11. The van der Waals surface area contributed by atoms with Crippen molar-refractivity contribution in [2.45, 2.75) is 27.2 Å². The van der Waals surface area contributed by atoms with Gasteiger partial charge in [-0.1, -0.05) is 81.5 Å². The summed E-state index contributed by atoms with van der Waals surface area (Å²) in [6.07, 6.45) is 9.78.